The highest BCUT2D eigenvalue weighted by Crippen LogP contribution is 2.23. The highest BCUT2D eigenvalue weighted by molar-refractivity contribution is 7.89. The predicted octanol–water partition coefficient (Wildman–Crippen LogP) is 1.76. The van der Waals surface area contributed by atoms with E-state index < -0.39 is 10.0 Å². The van der Waals surface area contributed by atoms with Crippen LogP contribution in [0.4, 0.5) is 11.8 Å². The lowest BCUT2D eigenvalue weighted by molar-refractivity contribution is 0.382. The molecule has 0 aromatic carbocycles. The average Bonchev–Trinajstić information content (AvgIpc) is 3.24. The van der Waals surface area contributed by atoms with Gasteiger partial charge < -0.3 is 15.2 Å². The van der Waals surface area contributed by atoms with E-state index >= 15 is 0 Å². The van der Waals surface area contributed by atoms with Crippen LogP contribution in [-0.2, 0) is 10.0 Å². The third kappa shape index (κ3) is 4.12. The second-order valence-corrected chi connectivity index (χ2v) is 9.38. The fourth-order valence-electron chi connectivity index (χ4n) is 3.89. The van der Waals surface area contributed by atoms with Crippen LogP contribution in [0.1, 0.15) is 37.8 Å². The normalized spacial score (nSPS) is 19.7. The van der Waals surface area contributed by atoms with Crippen LogP contribution in [0.3, 0.4) is 0 Å². The van der Waals surface area contributed by atoms with Gasteiger partial charge in [0, 0.05) is 44.0 Å². The quantitative estimate of drug-likeness (QED) is 0.780. The highest BCUT2D eigenvalue weighted by Gasteiger charge is 2.30. The van der Waals surface area contributed by atoms with Gasteiger partial charge in [0.25, 0.3) is 10.0 Å². The summed E-state index contributed by atoms with van der Waals surface area (Å²) in [6, 6.07) is 2.41. The Balaban J connectivity index is 1.43. The Morgan fingerprint density at radius 2 is 1.86 bits per heavy atom. The summed E-state index contributed by atoms with van der Waals surface area (Å²) in [7, 11) is -3.52. The number of aryl methyl sites for hydroxylation is 1. The van der Waals surface area contributed by atoms with E-state index in [0.29, 0.717) is 38.2 Å². The van der Waals surface area contributed by atoms with Crippen LogP contribution in [-0.4, -0.2) is 64.9 Å². The van der Waals surface area contributed by atoms with Gasteiger partial charge in [-0.15, -0.1) is 0 Å². The van der Waals surface area contributed by atoms with Crippen molar-refractivity contribution < 1.29 is 8.42 Å². The number of hydrogen-bond donors (Lipinski definition) is 2. The fraction of sp³-hybridized carbons (Fsp3) is 0.611. The van der Waals surface area contributed by atoms with E-state index in [-0.39, 0.29) is 5.03 Å². The molecule has 10 heteroatoms. The highest BCUT2D eigenvalue weighted by atomic mass is 32.2. The molecule has 0 bridgehead atoms. The number of anilines is 2. The first-order valence-corrected chi connectivity index (χ1v) is 11.3. The molecule has 1 aliphatic heterocycles. The van der Waals surface area contributed by atoms with E-state index in [4.69, 9.17) is 4.98 Å². The summed E-state index contributed by atoms with van der Waals surface area (Å²) in [5.74, 6) is 1.53. The molecule has 152 valence electrons. The SMILES string of the molecule is Cc1cc(N2CCN(S(=O)(=O)c3cnc[nH]3)CC2)nc(NC2CCCCC2)n1. The van der Waals surface area contributed by atoms with E-state index in [1.807, 2.05) is 13.0 Å². The molecule has 2 aromatic rings. The lowest BCUT2D eigenvalue weighted by Crippen LogP contribution is -2.49. The van der Waals surface area contributed by atoms with E-state index in [1.54, 1.807) is 0 Å². The van der Waals surface area contributed by atoms with E-state index in [1.165, 1.54) is 36.1 Å². The zero-order chi connectivity index (χ0) is 19.6. The van der Waals surface area contributed by atoms with E-state index in [9.17, 15) is 8.42 Å². The number of aromatic amines is 1. The van der Waals surface area contributed by atoms with Gasteiger partial charge in [0.15, 0.2) is 5.03 Å². The summed E-state index contributed by atoms with van der Waals surface area (Å²) in [6.45, 7) is 3.97. The summed E-state index contributed by atoms with van der Waals surface area (Å²) in [5.41, 5.74) is 0.913. The van der Waals surface area contributed by atoms with Gasteiger partial charge in [-0.2, -0.15) is 9.29 Å². The van der Waals surface area contributed by atoms with Crippen LogP contribution in [0.25, 0.3) is 0 Å². The first kappa shape index (κ1) is 19.1. The van der Waals surface area contributed by atoms with Crippen LogP contribution in [0.2, 0.25) is 0 Å². The van der Waals surface area contributed by atoms with Gasteiger partial charge in [-0.1, -0.05) is 19.3 Å². The first-order valence-electron chi connectivity index (χ1n) is 9.88. The maximum atomic E-state index is 12.6. The van der Waals surface area contributed by atoms with Gasteiger partial charge in [-0.05, 0) is 19.8 Å². The molecule has 2 fully saturated rings. The van der Waals surface area contributed by atoms with Crippen molar-refractivity contribution in [3.8, 4) is 0 Å². The molecule has 2 aromatic heterocycles. The van der Waals surface area contributed by atoms with E-state index in [2.05, 4.69) is 25.2 Å². The maximum absolute atomic E-state index is 12.6. The second kappa shape index (κ2) is 8.04. The van der Waals surface area contributed by atoms with Crippen molar-refractivity contribution in [2.45, 2.75) is 50.1 Å². The molecule has 0 amide bonds. The molecule has 0 unspecified atom stereocenters. The zero-order valence-electron chi connectivity index (χ0n) is 16.1. The molecular weight excluding hydrogens is 378 g/mol. The number of piperazine rings is 1. The minimum Gasteiger partial charge on any atom is -0.354 e. The topological polar surface area (TPSA) is 107 Å². The molecule has 0 radical (unpaired) electrons. The van der Waals surface area contributed by atoms with Gasteiger partial charge in [0.05, 0.1) is 12.5 Å². The van der Waals surface area contributed by atoms with Gasteiger partial charge >= 0.3 is 0 Å². The average molecular weight is 406 g/mol. The van der Waals surface area contributed by atoms with Gasteiger partial charge in [-0.3, -0.25) is 0 Å². The molecule has 1 aliphatic carbocycles. The van der Waals surface area contributed by atoms with Gasteiger partial charge in [0.2, 0.25) is 5.95 Å². The van der Waals surface area contributed by atoms with Crippen molar-refractivity contribution >= 4 is 21.8 Å². The third-order valence-electron chi connectivity index (χ3n) is 5.43. The molecule has 28 heavy (non-hydrogen) atoms. The fourth-order valence-corrected chi connectivity index (χ4v) is 5.21. The molecule has 0 atom stereocenters. The number of aromatic nitrogens is 4. The smallest absolute Gasteiger partial charge is 0.260 e. The zero-order valence-corrected chi connectivity index (χ0v) is 17.0. The first-order chi connectivity index (χ1) is 13.5. The molecule has 9 nitrogen and oxygen atoms in total. The van der Waals surface area contributed by atoms with Crippen molar-refractivity contribution in [2.24, 2.45) is 0 Å². The Morgan fingerprint density at radius 3 is 2.54 bits per heavy atom. The van der Waals surface area contributed by atoms with Crippen molar-refractivity contribution in [2.75, 3.05) is 36.4 Å². The van der Waals surface area contributed by atoms with Crippen LogP contribution < -0.4 is 10.2 Å². The number of hydrogen-bond acceptors (Lipinski definition) is 7. The molecule has 2 aliphatic rings. The number of H-pyrrole nitrogens is 1. The maximum Gasteiger partial charge on any atom is 0.260 e. The number of nitrogens with one attached hydrogen (secondary N) is 2. The minimum absolute atomic E-state index is 0.137. The molecular formula is C18H27N7O2S. The Hall–Kier alpha value is -2.20. The lowest BCUT2D eigenvalue weighted by Gasteiger charge is -2.34. The van der Waals surface area contributed by atoms with Crippen molar-refractivity contribution in [1.82, 2.24) is 24.2 Å². The van der Waals surface area contributed by atoms with E-state index in [0.717, 1.165) is 24.4 Å². The Bertz CT molecular complexity index is 887. The van der Waals surface area contributed by atoms with Gasteiger partial charge in [0.1, 0.15) is 5.82 Å². The number of sulfonamides is 1. The molecule has 2 N–H and O–H groups in total. The summed E-state index contributed by atoms with van der Waals surface area (Å²) in [4.78, 5) is 17.9. The Kier molecular flexibility index (Phi) is 5.49. The van der Waals surface area contributed by atoms with Gasteiger partial charge in [-0.25, -0.2) is 18.4 Å². The molecule has 1 saturated heterocycles. The summed E-state index contributed by atoms with van der Waals surface area (Å²) < 4.78 is 26.7. The Labute approximate surface area is 165 Å². The minimum atomic E-state index is -3.52. The van der Waals surface area contributed by atoms with Crippen LogP contribution in [0.15, 0.2) is 23.6 Å². The lowest BCUT2D eigenvalue weighted by atomic mass is 9.96. The number of nitrogens with zero attached hydrogens (tertiary/aromatic N) is 5. The van der Waals surface area contributed by atoms with Crippen molar-refractivity contribution in [3.05, 3.63) is 24.3 Å². The second-order valence-electron chi connectivity index (χ2n) is 7.48. The molecule has 1 saturated carbocycles. The predicted molar refractivity (Wildman–Crippen MR) is 107 cm³/mol. The molecule has 0 spiro atoms. The summed E-state index contributed by atoms with van der Waals surface area (Å²) in [5, 5.41) is 3.62. The Morgan fingerprint density at radius 1 is 1.11 bits per heavy atom. The third-order valence-corrected chi connectivity index (χ3v) is 7.26. The summed E-state index contributed by atoms with van der Waals surface area (Å²) >= 11 is 0. The van der Waals surface area contributed by atoms with Crippen LogP contribution in [0.5, 0.6) is 0 Å². The molecule has 3 heterocycles. The summed E-state index contributed by atoms with van der Waals surface area (Å²) in [6.07, 6.45) is 8.87. The van der Waals surface area contributed by atoms with Crippen LogP contribution in [0, 0.1) is 6.92 Å². The standard InChI is InChI=1S/C18H27N7O2S/c1-14-11-16(23-18(21-14)22-15-5-3-2-4-6-15)24-7-9-25(10-8-24)28(26,27)17-12-19-13-20-17/h11-13,15H,2-10H2,1H3,(H,19,20)(H,21,22,23). The van der Waals surface area contributed by atoms with Crippen molar-refractivity contribution in [1.29, 1.82) is 0 Å². The monoisotopic (exact) mass is 405 g/mol. The van der Waals surface area contributed by atoms with Crippen molar-refractivity contribution in [3.63, 3.8) is 0 Å². The van der Waals surface area contributed by atoms with Crippen LogP contribution >= 0.6 is 0 Å². The molecule has 4 rings (SSSR count). The number of imidazole rings is 1. The number of rotatable bonds is 5. The largest absolute Gasteiger partial charge is 0.354 e.